The number of hydrogen-bond acceptors (Lipinski definition) is 1. The van der Waals surface area contributed by atoms with Crippen LogP contribution >= 0.6 is 11.6 Å². The Morgan fingerprint density at radius 1 is 1.42 bits per heavy atom. The van der Waals surface area contributed by atoms with Crippen LogP contribution in [-0.4, -0.2) is 17.8 Å². The van der Waals surface area contributed by atoms with E-state index in [1.54, 1.807) is 6.92 Å². The predicted molar refractivity (Wildman–Crippen MR) is 70.2 cm³/mol. The molecule has 1 N–H and O–H groups in total. The van der Waals surface area contributed by atoms with Gasteiger partial charge in [0.1, 0.15) is 17.0 Å². The molecular formula is C14H16ClF2NO. The van der Waals surface area contributed by atoms with Gasteiger partial charge in [-0.25, -0.2) is 8.78 Å². The zero-order valence-electron chi connectivity index (χ0n) is 10.7. The fourth-order valence-corrected chi connectivity index (χ4v) is 2.60. The Bertz CT molecular complexity index is 466. The molecule has 1 aliphatic rings. The highest BCUT2D eigenvalue weighted by Crippen LogP contribution is 2.45. The lowest BCUT2D eigenvalue weighted by Crippen LogP contribution is -2.48. The van der Waals surface area contributed by atoms with E-state index in [9.17, 15) is 13.6 Å². The van der Waals surface area contributed by atoms with Gasteiger partial charge in [0, 0.05) is 17.5 Å². The van der Waals surface area contributed by atoms with Crippen LogP contribution in [0, 0.1) is 11.6 Å². The van der Waals surface area contributed by atoms with E-state index in [4.69, 9.17) is 11.6 Å². The second-order valence-corrected chi connectivity index (χ2v) is 5.72. The van der Waals surface area contributed by atoms with Crippen LogP contribution in [0.4, 0.5) is 8.78 Å². The van der Waals surface area contributed by atoms with Gasteiger partial charge in [0.25, 0.3) is 0 Å². The molecule has 1 amide bonds. The van der Waals surface area contributed by atoms with Gasteiger partial charge in [0.15, 0.2) is 0 Å². The summed E-state index contributed by atoms with van der Waals surface area (Å²) in [6.07, 6.45) is 2.24. The SMILES string of the molecule is CC(Cl)C(=O)NCC1(c2c(F)cccc2F)CCC1. The number of carbonyl (C=O) groups is 1. The van der Waals surface area contributed by atoms with Crippen molar-refractivity contribution in [2.75, 3.05) is 6.54 Å². The lowest BCUT2D eigenvalue weighted by Gasteiger charge is -2.42. The van der Waals surface area contributed by atoms with Gasteiger partial charge >= 0.3 is 0 Å². The minimum atomic E-state index is -0.650. The molecule has 0 bridgehead atoms. The number of carbonyl (C=O) groups excluding carboxylic acids is 1. The average molecular weight is 288 g/mol. The molecule has 0 heterocycles. The molecule has 2 rings (SSSR count). The Kier molecular flexibility index (Phi) is 4.09. The number of halogens is 3. The first-order chi connectivity index (χ1) is 8.96. The van der Waals surface area contributed by atoms with Crippen LogP contribution < -0.4 is 5.32 Å². The molecule has 5 heteroatoms. The number of nitrogens with one attached hydrogen (secondary N) is 1. The van der Waals surface area contributed by atoms with Crippen LogP contribution in [0.2, 0.25) is 0 Å². The van der Waals surface area contributed by atoms with Gasteiger partial charge in [0.2, 0.25) is 5.91 Å². The van der Waals surface area contributed by atoms with Crippen LogP contribution in [0.3, 0.4) is 0 Å². The Balaban J connectivity index is 2.21. The van der Waals surface area contributed by atoms with Crippen LogP contribution in [-0.2, 0) is 10.2 Å². The molecule has 104 valence electrons. The third-order valence-corrected chi connectivity index (χ3v) is 3.96. The molecule has 1 fully saturated rings. The van der Waals surface area contributed by atoms with E-state index in [0.717, 1.165) is 6.42 Å². The van der Waals surface area contributed by atoms with Gasteiger partial charge in [-0.15, -0.1) is 11.6 Å². The maximum absolute atomic E-state index is 13.9. The summed E-state index contributed by atoms with van der Waals surface area (Å²) in [5.74, 6) is -1.41. The maximum atomic E-state index is 13.9. The predicted octanol–water partition coefficient (Wildman–Crippen LogP) is 3.13. The van der Waals surface area contributed by atoms with E-state index in [0.29, 0.717) is 12.8 Å². The van der Waals surface area contributed by atoms with Crippen molar-refractivity contribution in [2.24, 2.45) is 0 Å². The van der Waals surface area contributed by atoms with Crippen molar-refractivity contribution in [3.8, 4) is 0 Å². The van der Waals surface area contributed by atoms with Crippen molar-refractivity contribution >= 4 is 17.5 Å². The van der Waals surface area contributed by atoms with Crippen molar-refractivity contribution in [1.82, 2.24) is 5.32 Å². The number of benzene rings is 1. The molecule has 19 heavy (non-hydrogen) atoms. The van der Waals surface area contributed by atoms with Gasteiger partial charge in [0.05, 0.1) is 0 Å². The standard InChI is InChI=1S/C14H16ClF2NO/c1-9(15)13(19)18-8-14(6-3-7-14)12-10(16)4-2-5-11(12)17/h2,4-5,9H,3,6-8H2,1H3,(H,18,19). The summed E-state index contributed by atoms with van der Waals surface area (Å²) in [6.45, 7) is 1.79. The van der Waals surface area contributed by atoms with E-state index in [-0.39, 0.29) is 18.0 Å². The summed E-state index contributed by atoms with van der Waals surface area (Å²) in [7, 11) is 0. The molecule has 2 nitrogen and oxygen atoms in total. The molecule has 1 saturated carbocycles. The van der Waals surface area contributed by atoms with Crippen LogP contribution in [0.25, 0.3) is 0 Å². The van der Waals surface area contributed by atoms with Crippen molar-refractivity contribution in [1.29, 1.82) is 0 Å². The van der Waals surface area contributed by atoms with Crippen molar-refractivity contribution in [3.05, 3.63) is 35.4 Å². The van der Waals surface area contributed by atoms with E-state index in [1.165, 1.54) is 18.2 Å². The van der Waals surface area contributed by atoms with Crippen molar-refractivity contribution in [2.45, 2.75) is 37.0 Å². The van der Waals surface area contributed by atoms with Crippen molar-refractivity contribution in [3.63, 3.8) is 0 Å². The second-order valence-electron chi connectivity index (χ2n) is 5.06. The maximum Gasteiger partial charge on any atom is 0.237 e. The molecule has 0 saturated heterocycles. The number of hydrogen-bond donors (Lipinski definition) is 1. The monoisotopic (exact) mass is 287 g/mol. The molecule has 1 aromatic carbocycles. The largest absolute Gasteiger partial charge is 0.354 e. The Morgan fingerprint density at radius 3 is 2.42 bits per heavy atom. The highest BCUT2D eigenvalue weighted by Gasteiger charge is 2.42. The third kappa shape index (κ3) is 2.73. The highest BCUT2D eigenvalue weighted by molar-refractivity contribution is 6.30. The average Bonchev–Trinajstić information content (AvgIpc) is 2.30. The smallest absolute Gasteiger partial charge is 0.237 e. The van der Waals surface area contributed by atoms with E-state index in [1.807, 2.05) is 0 Å². The molecular weight excluding hydrogens is 272 g/mol. The Labute approximate surface area is 116 Å². The summed E-state index contributed by atoms with van der Waals surface area (Å²) in [4.78, 5) is 11.5. The fourth-order valence-electron chi connectivity index (χ4n) is 2.52. The summed E-state index contributed by atoms with van der Waals surface area (Å²) in [5.41, 5.74) is -0.541. The van der Waals surface area contributed by atoms with Gasteiger partial charge in [-0.05, 0) is 31.9 Å². The Morgan fingerprint density at radius 2 is 2.00 bits per heavy atom. The molecule has 1 atom stereocenters. The summed E-state index contributed by atoms with van der Waals surface area (Å²) in [5, 5.41) is 2.02. The summed E-state index contributed by atoms with van der Waals surface area (Å²) < 4.78 is 27.7. The first-order valence-electron chi connectivity index (χ1n) is 6.32. The molecule has 0 radical (unpaired) electrons. The molecule has 1 aromatic rings. The summed E-state index contributed by atoms with van der Waals surface area (Å²) in [6, 6.07) is 3.86. The third-order valence-electron chi connectivity index (χ3n) is 3.77. The molecule has 0 spiro atoms. The second kappa shape index (κ2) is 5.45. The van der Waals surface area contributed by atoms with Gasteiger partial charge in [-0.3, -0.25) is 4.79 Å². The highest BCUT2D eigenvalue weighted by atomic mass is 35.5. The van der Waals surface area contributed by atoms with Gasteiger partial charge < -0.3 is 5.32 Å². The van der Waals surface area contributed by atoms with E-state index < -0.39 is 22.4 Å². The lowest BCUT2D eigenvalue weighted by atomic mass is 9.64. The minimum Gasteiger partial charge on any atom is -0.354 e. The summed E-state index contributed by atoms with van der Waals surface area (Å²) >= 11 is 5.67. The molecule has 1 aliphatic carbocycles. The normalized spacial score (nSPS) is 18.5. The van der Waals surface area contributed by atoms with Crippen LogP contribution in [0.1, 0.15) is 31.7 Å². The first-order valence-corrected chi connectivity index (χ1v) is 6.76. The lowest BCUT2D eigenvalue weighted by molar-refractivity contribution is -0.120. The topological polar surface area (TPSA) is 29.1 Å². The van der Waals surface area contributed by atoms with Gasteiger partial charge in [-0.1, -0.05) is 12.5 Å². The zero-order chi connectivity index (χ0) is 14.0. The first kappa shape index (κ1) is 14.3. The van der Waals surface area contributed by atoms with E-state index >= 15 is 0 Å². The minimum absolute atomic E-state index is 0.0868. The number of rotatable bonds is 4. The Hall–Kier alpha value is -1.16. The fraction of sp³-hybridized carbons (Fsp3) is 0.500. The molecule has 0 aliphatic heterocycles. The van der Waals surface area contributed by atoms with E-state index in [2.05, 4.69) is 5.32 Å². The van der Waals surface area contributed by atoms with Gasteiger partial charge in [-0.2, -0.15) is 0 Å². The zero-order valence-corrected chi connectivity index (χ0v) is 11.4. The molecule has 0 aromatic heterocycles. The van der Waals surface area contributed by atoms with Crippen LogP contribution in [0.5, 0.6) is 0 Å². The van der Waals surface area contributed by atoms with Crippen molar-refractivity contribution < 1.29 is 13.6 Å². The number of amides is 1. The van der Waals surface area contributed by atoms with Crippen LogP contribution in [0.15, 0.2) is 18.2 Å². The number of alkyl halides is 1. The molecule has 1 unspecified atom stereocenters. The quantitative estimate of drug-likeness (QED) is 0.847.